The summed E-state index contributed by atoms with van der Waals surface area (Å²) in [7, 11) is 0. The van der Waals surface area contributed by atoms with Gasteiger partial charge in [0.15, 0.2) is 0 Å². The maximum Gasteiger partial charge on any atom is 0.119 e. The Balaban J connectivity index is 0.00000112. The molecule has 1 fully saturated rings. The van der Waals surface area contributed by atoms with Crippen molar-refractivity contribution in [1.29, 1.82) is 0 Å². The Morgan fingerprint density at radius 2 is 2.07 bits per heavy atom. The number of benzene rings is 1. The minimum Gasteiger partial charge on any atom is -0.492 e. The van der Waals surface area contributed by atoms with E-state index in [0.29, 0.717) is 6.04 Å². The summed E-state index contributed by atoms with van der Waals surface area (Å²) >= 11 is 3.39. The third-order valence-corrected chi connectivity index (χ3v) is 2.96. The van der Waals surface area contributed by atoms with Crippen molar-refractivity contribution >= 4 is 28.3 Å². The first-order chi connectivity index (χ1) is 6.84. The highest BCUT2D eigenvalue weighted by Crippen LogP contribution is 2.17. The van der Waals surface area contributed by atoms with Crippen molar-refractivity contribution in [2.75, 3.05) is 13.2 Å². The molecule has 2 nitrogen and oxygen atoms in total. The Morgan fingerprint density at radius 3 is 2.67 bits per heavy atom. The van der Waals surface area contributed by atoms with Crippen LogP contribution in [0.4, 0.5) is 0 Å². The van der Waals surface area contributed by atoms with Crippen LogP contribution < -0.4 is 10.1 Å². The quantitative estimate of drug-likeness (QED) is 0.925. The minimum absolute atomic E-state index is 0. The van der Waals surface area contributed by atoms with Crippen molar-refractivity contribution in [3.05, 3.63) is 28.7 Å². The molecule has 1 N–H and O–H groups in total. The predicted molar refractivity (Wildman–Crippen MR) is 67.9 cm³/mol. The van der Waals surface area contributed by atoms with Gasteiger partial charge in [-0.15, -0.1) is 12.4 Å². The molecule has 84 valence electrons. The molecule has 1 heterocycles. The molecule has 1 aromatic carbocycles. The Bertz CT molecular complexity index is 285. The van der Waals surface area contributed by atoms with E-state index in [1.54, 1.807) is 0 Å². The first-order valence-corrected chi connectivity index (χ1v) is 5.75. The van der Waals surface area contributed by atoms with Crippen molar-refractivity contribution in [3.8, 4) is 5.75 Å². The molecule has 15 heavy (non-hydrogen) atoms. The zero-order valence-electron chi connectivity index (χ0n) is 8.41. The van der Waals surface area contributed by atoms with Gasteiger partial charge in [0, 0.05) is 10.5 Å². The van der Waals surface area contributed by atoms with E-state index in [1.807, 2.05) is 24.3 Å². The zero-order chi connectivity index (χ0) is 9.80. The second-order valence-electron chi connectivity index (χ2n) is 3.56. The van der Waals surface area contributed by atoms with Gasteiger partial charge >= 0.3 is 0 Å². The topological polar surface area (TPSA) is 21.3 Å². The van der Waals surface area contributed by atoms with Crippen LogP contribution in [-0.2, 0) is 0 Å². The van der Waals surface area contributed by atoms with Crippen LogP contribution in [0.1, 0.15) is 12.8 Å². The second kappa shape index (κ2) is 6.36. The molecule has 1 aliphatic heterocycles. The first kappa shape index (κ1) is 12.8. The predicted octanol–water partition coefficient (Wildman–Crippen LogP) is 3.00. The minimum atomic E-state index is 0. The number of nitrogens with one attached hydrogen (secondary N) is 1. The highest BCUT2D eigenvalue weighted by Gasteiger charge is 2.13. The third kappa shape index (κ3) is 4.01. The van der Waals surface area contributed by atoms with Crippen LogP contribution in [0.2, 0.25) is 0 Å². The number of rotatable bonds is 3. The van der Waals surface area contributed by atoms with E-state index < -0.39 is 0 Å². The average Bonchev–Trinajstić information content (AvgIpc) is 2.70. The fourth-order valence-corrected chi connectivity index (χ4v) is 1.89. The third-order valence-electron chi connectivity index (χ3n) is 2.43. The molecule has 1 saturated heterocycles. The van der Waals surface area contributed by atoms with Crippen LogP contribution in [0.3, 0.4) is 0 Å². The summed E-state index contributed by atoms with van der Waals surface area (Å²) in [6, 6.07) is 8.51. The van der Waals surface area contributed by atoms with Gasteiger partial charge in [-0.2, -0.15) is 0 Å². The summed E-state index contributed by atoms with van der Waals surface area (Å²) in [6.07, 6.45) is 2.50. The molecule has 0 spiro atoms. The van der Waals surface area contributed by atoms with E-state index in [1.165, 1.54) is 12.8 Å². The van der Waals surface area contributed by atoms with Crippen LogP contribution in [0.15, 0.2) is 28.7 Å². The fraction of sp³-hybridized carbons (Fsp3) is 0.455. The van der Waals surface area contributed by atoms with Crippen LogP contribution in [0.5, 0.6) is 5.75 Å². The molecule has 0 aliphatic carbocycles. The summed E-state index contributed by atoms with van der Waals surface area (Å²) < 4.78 is 6.75. The smallest absolute Gasteiger partial charge is 0.119 e. The molecule has 0 saturated carbocycles. The maximum absolute atomic E-state index is 5.66. The van der Waals surface area contributed by atoms with Gasteiger partial charge in [-0.1, -0.05) is 15.9 Å². The molecule has 2 rings (SSSR count). The first-order valence-electron chi connectivity index (χ1n) is 4.96. The summed E-state index contributed by atoms with van der Waals surface area (Å²) in [5.41, 5.74) is 0. The Kier molecular flexibility index (Phi) is 5.43. The van der Waals surface area contributed by atoms with Gasteiger partial charge < -0.3 is 10.1 Å². The molecule has 0 amide bonds. The van der Waals surface area contributed by atoms with E-state index in [9.17, 15) is 0 Å². The van der Waals surface area contributed by atoms with E-state index in [4.69, 9.17) is 4.74 Å². The number of hydrogen-bond acceptors (Lipinski definition) is 2. The fourth-order valence-electron chi connectivity index (χ4n) is 1.63. The normalized spacial score (nSPS) is 19.7. The molecular weight excluding hydrogens is 277 g/mol. The van der Waals surface area contributed by atoms with Gasteiger partial charge in [-0.25, -0.2) is 0 Å². The van der Waals surface area contributed by atoms with Crippen molar-refractivity contribution in [3.63, 3.8) is 0 Å². The highest BCUT2D eigenvalue weighted by molar-refractivity contribution is 9.10. The van der Waals surface area contributed by atoms with Crippen molar-refractivity contribution in [2.45, 2.75) is 18.9 Å². The molecule has 0 aromatic heterocycles. The maximum atomic E-state index is 5.66. The molecule has 1 aliphatic rings. The van der Waals surface area contributed by atoms with Gasteiger partial charge in [-0.3, -0.25) is 0 Å². The lowest BCUT2D eigenvalue weighted by Crippen LogP contribution is -2.28. The summed E-state index contributed by atoms with van der Waals surface area (Å²) in [5.74, 6) is 0.946. The molecule has 1 atom stereocenters. The Labute approximate surface area is 105 Å². The highest BCUT2D eigenvalue weighted by atomic mass is 79.9. The van der Waals surface area contributed by atoms with Gasteiger partial charge in [0.1, 0.15) is 12.4 Å². The van der Waals surface area contributed by atoms with Crippen LogP contribution in [0, 0.1) is 0 Å². The number of ether oxygens (including phenoxy) is 1. The number of hydrogen-bond donors (Lipinski definition) is 1. The molecule has 1 unspecified atom stereocenters. The van der Waals surface area contributed by atoms with E-state index in [-0.39, 0.29) is 12.4 Å². The lowest BCUT2D eigenvalue weighted by molar-refractivity contribution is 0.277. The van der Waals surface area contributed by atoms with E-state index in [2.05, 4.69) is 21.2 Å². The summed E-state index contributed by atoms with van der Waals surface area (Å²) in [5, 5.41) is 3.40. The van der Waals surface area contributed by atoms with Crippen molar-refractivity contribution in [2.24, 2.45) is 0 Å². The van der Waals surface area contributed by atoms with Crippen molar-refractivity contribution in [1.82, 2.24) is 5.32 Å². The van der Waals surface area contributed by atoms with Gasteiger partial charge in [0.05, 0.1) is 0 Å². The lowest BCUT2D eigenvalue weighted by atomic mass is 10.2. The molecular formula is C11H15BrClNO. The Hall–Kier alpha value is -0.250. The zero-order valence-corrected chi connectivity index (χ0v) is 10.8. The van der Waals surface area contributed by atoms with E-state index in [0.717, 1.165) is 23.4 Å². The lowest BCUT2D eigenvalue weighted by Gasteiger charge is -2.11. The van der Waals surface area contributed by atoms with Crippen LogP contribution >= 0.6 is 28.3 Å². The van der Waals surface area contributed by atoms with Crippen LogP contribution in [0.25, 0.3) is 0 Å². The SMILES string of the molecule is Brc1ccc(OCC2CCCN2)cc1.Cl. The van der Waals surface area contributed by atoms with Gasteiger partial charge in [0.25, 0.3) is 0 Å². The molecule has 4 heteroatoms. The molecule has 0 radical (unpaired) electrons. The number of halogens is 2. The molecule has 0 bridgehead atoms. The summed E-state index contributed by atoms with van der Waals surface area (Å²) in [4.78, 5) is 0. The summed E-state index contributed by atoms with van der Waals surface area (Å²) in [6.45, 7) is 1.91. The monoisotopic (exact) mass is 291 g/mol. The molecule has 1 aromatic rings. The van der Waals surface area contributed by atoms with Crippen LogP contribution in [-0.4, -0.2) is 19.2 Å². The van der Waals surface area contributed by atoms with Gasteiger partial charge in [0.2, 0.25) is 0 Å². The Morgan fingerprint density at radius 1 is 1.33 bits per heavy atom. The second-order valence-corrected chi connectivity index (χ2v) is 4.47. The van der Waals surface area contributed by atoms with E-state index >= 15 is 0 Å². The largest absolute Gasteiger partial charge is 0.492 e. The van der Waals surface area contributed by atoms with Gasteiger partial charge in [-0.05, 0) is 43.7 Å². The standard InChI is InChI=1S/C11H14BrNO.ClH/c12-9-3-5-11(6-4-9)14-8-10-2-1-7-13-10;/h3-6,10,13H,1-2,7-8H2;1H. The average molecular weight is 293 g/mol. The van der Waals surface area contributed by atoms with Crippen molar-refractivity contribution < 1.29 is 4.74 Å².